The van der Waals surface area contributed by atoms with Crippen LogP contribution < -0.4 is 14.2 Å². The molecule has 1 aromatic heterocycles. The van der Waals surface area contributed by atoms with Crippen molar-refractivity contribution in [3.63, 3.8) is 0 Å². The standard InChI is InChI=1S/C30H34O17/c1-11(32)42-10-21-23(36)25(38)27(40)29(47-21)44-17-7-13(33)6-16-14(17)8-19(28(43-16)12-3-4-15(34)18(5-12)41-2)45-30-26(39)24(37)22(35)20(9-31)46-30/h3-8,20-27,29-31,35-40H,9-10H2,1-2H3,(H-,33,34)/p+1/t20-,21-,22-,23-,24+,25+,26-,27-,29-,30-/m1/s1. The fourth-order valence-electron chi connectivity index (χ4n) is 5.14. The quantitative estimate of drug-likeness (QED) is 0.0951. The van der Waals surface area contributed by atoms with E-state index >= 15 is 0 Å². The monoisotopic (exact) mass is 667 g/mol. The third kappa shape index (κ3) is 6.98. The number of aliphatic hydroxyl groups excluding tert-OH is 7. The molecule has 5 rings (SSSR count). The van der Waals surface area contributed by atoms with Crippen molar-refractivity contribution in [3.05, 3.63) is 36.4 Å². The van der Waals surface area contributed by atoms with Crippen LogP contribution in [0.15, 0.2) is 40.8 Å². The van der Waals surface area contributed by atoms with E-state index in [1.165, 1.54) is 37.4 Å². The maximum atomic E-state index is 11.3. The van der Waals surface area contributed by atoms with Crippen molar-refractivity contribution >= 4 is 16.9 Å². The number of hydrogen-bond donors (Lipinski definition) is 9. The summed E-state index contributed by atoms with van der Waals surface area (Å²) in [4.78, 5) is 11.3. The number of ether oxygens (including phenoxy) is 6. The SMILES string of the molecule is COc1cc(-c2[o+]c3cc(O)cc(O[C@@H]4O[C@H](COC(C)=O)[C@@H](O)[C@H](O)[C@H]4O)c3cc2O[C@@H]2O[C@H](CO)[C@@H](O)[C@H](O)[C@H]2O)ccc1O. The van der Waals surface area contributed by atoms with Gasteiger partial charge in [0.15, 0.2) is 11.5 Å². The summed E-state index contributed by atoms with van der Waals surface area (Å²) >= 11 is 0. The first kappa shape index (κ1) is 34.3. The van der Waals surface area contributed by atoms with Gasteiger partial charge < -0.3 is 74.4 Å². The largest absolute Gasteiger partial charge is 0.507 e. The van der Waals surface area contributed by atoms with Crippen LogP contribution in [0, 0.1) is 0 Å². The molecule has 0 spiro atoms. The Morgan fingerprint density at radius 3 is 2.02 bits per heavy atom. The van der Waals surface area contributed by atoms with Gasteiger partial charge in [-0.3, -0.25) is 4.79 Å². The highest BCUT2D eigenvalue weighted by Crippen LogP contribution is 2.43. The van der Waals surface area contributed by atoms with Gasteiger partial charge in [0.1, 0.15) is 72.3 Å². The Labute approximate surface area is 265 Å². The van der Waals surface area contributed by atoms with Crippen LogP contribution in [-0.2, 0) is 19.0 Å². The Kier molecular flexibility index (Phi) is 10.2. The lowest BCUT2D eigenvalue weighted by atomic mass is 9.99. The highest BCUT2D eigenvalue weighted by atomic mass is 16.7. The van der Waals surface area contributed by atoms with Gasteiger partial charge in [-0.15, -0.1) is 0 Å². The lowest BCUT2D eigenvalue weighted by Gasteiger charge is -2.40. The number of fused-ring (bicyclic) bond motifs is 1. The molecule has 17 heteroatoms. The second kappa shape index (κ2) is 14.0. The van der Waals surface area contributed by atoms with Crippen LogP contribution in [0.1, 0.15) is 6.92 Å². The van der Waals surface area contributed by atoms with E-state index in [-0.39, 0.29) is 51.0 Å². The summed E-state index contributed by atoms with van der Waals surface area (Å²) in [5, 5.41) is 93.0. The molecule has 256 valence electrons. The fraction of sp³-hybridized carbons (Fsp3) is 0.467. The molecular weight excluding hydrogens is 632 g/mol. The summed E-state index contributed by atoms with van der Waals surface area (Å²) in [6.45, 7) is -0.0785. The van der Waals surface area contributed by atoms with Crippen molar-refractivity contribution in [2.45, 2.75) is 68.3 Å². The molecule has 0 unspecified atom stereocenters. The van der Waals surface area contributed by atoms with E-state index in [4.69, 9.17) is 32.8 Å². The maximum Gasteiger partial charge on any atom is 0.402 e. The zero-order valence-corrected chi connectivity index (χ0v) is 24.9. The third-order valence-corrected chi connectivity index (χ3v) is 7.70. The van der Waals surface area contributed by atoms with Crippen LogP contribution in [0.5, 0.6) is 28.7 Å². The number of esters is 1. The first-order valence-corrected chi connectivity index (χ1v) is 14.3. The highest BCUT2D eigenvalue weighted by Gasteiger charge is 2.47. The van der Waals surface area contributed by atoms with Crippen molar-refractivity contribution < 1.29 is 83.6 Å². The number of hydrogen-bond acceptors (Lipinski definition) is 16. The highest BCUT2D eigenvalue weighted by molar-refractivity contribution is 5.89. The Balaban J connectivity index is 1.59. The first-order chi connectivity index (χ1) is 22.3. The zero-order valence-electron chi connectivity index (χ0n) is 24.9. The van der Waals surface area contributed by atoms with E-state index in [0.717, 1.165) is 13.0 Å². The van der Waals surface area contributed by atoms with E-state index in [1.54, 1.807) is 0 Å². The summed E-state index contributed by atoms with van der Waals surface area (Å²) in [6, 6.07) is 7.78. The van der Waals surface area contributed by atoms with Crippen LogP contribution in [0.4, 0.5) is 0 Å². The topological polar surface area (TPSA) is 266 Å². The molecule has 3 aromatic rings. The van der Waals surface area contributed by atoms with Gasteiger partial charge in [-0.1, -0.05) is 0 Å². The second-order valence-corrected chi connectivity index (χ2v) is 10.9. The number of benzene rings is 2. The average Bonchev–Trinajstić information content (AvgIpc) is 3.04. The van der Waals surface area contributed by atoms with Crippen LogP contribution in [0.25, 0.3) is 22.3 Å². The van der Waals surface area contributed by atoms with Gasteiger partial charge in [0.25, 0.3) is 0 Å². The molecule has 17 nitrogen and oxygen atoms in total. The first-order valence-electron chi connectivity index (χ1n) is 14.3. The zero-order chi connectivity index (χ0) is 34.2. The van der Waals surface area contributed by atoms with E-state index in [0.29, 0.717) is 0 Å². The molecule has 2 fully saturated rings. The predicted molar refractivity (Wildman–Crippen MR) is 154 cm³/mol. The minimum atomic E-state index is -1.82. The Morgan fingerprint density at radius 1 is 0.787 bits per heavy atom. The van der Waals surface area contributed by atoms with Gasteiger partial charge in [-0.25, -0.2) is 4.42 Å². The molecule has 0 radical (unpaired) electrons. The van der Waals surface area contributed by atoms with Crippen molar-refractivity contribution in [2.75, 3.05) is 20.3 Å². The van der Waals surface area contributed by atoms with Crippen LogP contribution in [-0.4, -0.2) is 134 Å². The average molecular weight is 668 g/mol. The van der Waals surface area contributed by atoms with Crippen molar-refractivity contribution in [1.29, 1.82) is 0 Å². The van der Waals surface area contributed by atoms with Gasteiger partial charge >= 0.3 is 17.3 Å². The molecular formula is C30H35O17+. The summed E-state index contributed by atoms with van der Waals surface area (Å²) in [5.74, 6) is -1.67. The second-order valence-electron chi connectivity index (χ2n) is 10.9. The van der Waals surface area contributed by atoms with E-state index < -0.39 is 80.6 Å². The molecule has 2 aliphatic heterocycles. The third-order valence-electron chi connectivity index (χ3n) is 7.70. The Hall–Kier alpha value is -4.04. The van der Waals surface area contributed by atoms with E-state index in [9.17, 15) is 50.8 Å². The van der Waals surface area contributed by atoms with Crippen molar-refractivity contribution in [3.8, 4) is 40.1 Å². The van der Waals surface area contributed by atoms with Gasteiger partial charge in [0.2, 0.25) is 18.3 Å². The molecule has 2 aliphatic rings. The molecule has 0 saturated carbocycles. The minimum Gasteiger partial charge on any atom is -0.507 e. The lowest BCUT2D eigenvalue weighted by Crippen LogP contribution is -2.60. The number of phenols is 2. The molecule has 0 aliphatic carbocycles. The fourth-order valence-corrected chi connectivity index (χ4v) is 5.14. The van der Waals surface area contributed by atoms with Crippen molar-refractivity contribution in [1.82, 2.24) is 0 Å². The number of carbonyl (C=O) groups excluding carboxylic acids is 1. The number of aromatic hydroxyl groups is 2. The molecule has 3 heterocycles. The summed E-state index contributed by atoms with van der Waals surface area (Å²) in [5.41, 5.74) is 0.217. The maximum absolute atomic E-state index is 11.3. The molecule has 2 aromatic carbocycles. The summed E-state index contributed by atoms with van der Waals surface area (Å²) < 4.78 is 39.1. The number of methoxy groups -OCH3 is 1. The summed E-state index contributed by atoms with van der Waals surface area (Å²) in [7, 11) is 1.32. The molecule has 10 atom stereocenters. The lowest BCUT2D eigenvalue weighted by molar-refractivity contribution is -0.278. The summed E-state index contributed by atoms with van der Waals surface area (Å²) in [6.07, 6.45) is -16.5. The van der Waals surface area contributed by atoms with Gasteiger partial charge in [0.05, 0.1) is 25.3 Å². The normalized spacial score (nSPS) is 30.9. The van der Waals surface area contributed by atoms with Crippen molar-refractivity contribution in [2.24, 2.45) is 0 Å². The minimum absolute atomic E-state index is 0.0365. The number of carbonyl (C=O) groups is 1. The number of rotatable bonds is 9. The van der Waals surface area contributed by atoms with Crippen LogP contribution in [0.3, 0.4) is 0 Å². The van der Waals surface area contributed by atoms with Gasteiger partial charge in [-0.05, 0) is 12.1 Å². The molecule has 9 N–H and O–H groups in total. The van der Waals surface area contributed by atoms with Crippen LogP contribution >= 0.6 is 0 Å². The number of aliphatic hydroxyl groups is 7. The number of phenolic OH excluding ortho intramolecular Hbond substituents is 2. The van der Waals surface area contributed by atoms with E-state index in [2.05, 4.69) is 0 Å². The molecule has 2 saturated heterocycles. The molecule has 0 amide bonds. The van der Waals surface area contributed by atoms with Crippen LogP contribution in [0.2, 0.25) is 0 Å². The van der Waals surface area contributed by atoms with Gasteiger partial charge in [-0.2, -0.15) is 0 Å². The Bertz CT molecular complexity index is 1580. The Morgan fingerprint density at radius 2 is 1.40 bits per heavy atom. The predicted octanol–water partition coefficient (Wildman–Crippen LogP) is -1.27. The van der Waals surface area contributed by atoms with E-state index in [1.807, 2.05) is 0 Å². The molecule has 47 heavy (non-hydrogen) atoms. The smallest absolute Gasteiger partial charge is 0.402 e. The van der Waals surface area contributed by atoms with Gasteiger partial charge in [0, 0.05) is 25.1 Å². The molecule has 0 bridgehead atoms.